The number of carbonyl (C=O) groups is 1. The average molecular weight is 386 g/mol. The minimum atomic E-state index is -3.61. The highest BCUT2D eigenvalue weighted by Gasteiger charge is 2.30. The molecule has 26 heavy (non-hydrogen) atoms. The molecule has 2 rings (SSSR count). The first-order valence-corrected chi connectivity index (χ1v) is 10.4. The highest BCUT2D eigenvalue weighted by molar-refractivity contribution is 7.88. The first kappa shape index (κ1) is 20.6. The van der Waals surface area contributed by atoms with Crippen LogP contribution in [0.2, 0.25) is 0 Å². The van der Waals surface area contributed by atoms with Gasteiger partial charge in [0.2, 0.25) is 10.0 Å². The van der Waals surface area contributed by atoms with Gasteiger partial charge >= 0.3 is 6.09 Å². The van der Waals surface area contributed by atoms with Crippen LogP contribution in [0.1, 0.15) is 39.2 Å². The highest BCUT2D eigenvalue weighted by atomic mass is 32.2. The second-order valence-electron chi connectivity index (χ2n) is 7.60. The molecule has 1 atom stereocenters. The maximum absolute atomic E-state index is 13.8. The molecule has 1 fully saturated rings. The van der Waals surface area contributed by atoms with Crippen LogP contribution in [0.3, 0.4) is 0 Å². The fourth-order valence-corrected chi connectivity index (χ4v) is 4.55. The van der Waals surface area contributed by atoms with E-state index >= 15 is 0 Å². The predicted molar refractivity (Wildman–Crippen MR) is 97.6 cm³/mol. The molecule has 0 aromatic heterocycles. The molecule has 1 N–H and O–H groups in total. The van der Waals surface area contributed by atoms with Crippen molar-refractivity contribution in [2.75, 3.05) is 19.6 Å². The number of alkyl carbamates (subject to hydrolysis) is 1. The second kappa shape index (κ2) is 8.35. The zero-order chi connectivity index (χ0) is 19.4. The molecule has 1 aromatic rings. The van der Waals surface area contributed by atoms with Crippen LogP contribution in [0.5, 0.6) is 0 Å². The molecule has 0 bridgehead atoms. The summed E-state index contributed by atoms with van der Waals surface area (Å²) < 4.78 is 45.6. The highest BCUT2D eigenvalue weighted by Crippen LogP contribution is 2.22. The fourth-order valence-electron chi connectivity index (χ4n) is 2.89. The Bertz CT molecular complexity index is 731. The van der Waals surface area contributed by atoms with Crippen LogP contribution in [0.15, 0.2) is 24.3 Å². The molecule has 8 heteroatoms. The molecule has 1 heterocycles. The third-order valence-corrected chi connectivity index (χ3v) is 5.90. The van der Waals surface area contributed by atoms with Crippen molar-refractivity contribution in [1.82, 2.24) is 9.62 Å². The number of hydrogen-bond acceptors (Lipinski definition) is 4. The van der Waals surface area contributed by atoms with Gasteiger partial charge in [-0.1, -0.05) is 18.2 Å². The van der Waals surface area contributed by atoms with Crippen LogP contribution in [-0.2, 0) is 20.5 Å². The van der Waals surface area contributed by atoms with E-state index in [9.17, 15) is 17.6 Å². The SMILES string of the molecule is CC(C)(C)OC(=O)NC[C@H]1CCCN(S(=O)(=O)Cc2ccccc2F)C1. The van der Waals surface area contributed by atoms with E-state index in [4.69, 9.17) is 4.74 Å². The van der Waals surface area contributed by atoms with Gasteiger partial charge in [0.1, 0.15) is 11.4 Å². The Morgan fingerprint density at radius 1 is 1.35 bits per heavy atom. The molecule has 1 aliphatic rings. The third-order valence-electron chi connectivity index (χ3n) is 4.10. The van der Waals surface area contributed by atoms with Crippen LogP contribution in [0.25, 0.3) is 0 Å². The first-order valence-electron chi connectivity index (χ1n) is 8.75. The van der Waals surface area contributed by atoms with Gasteiger partial charge in [-0.2, -0.15) is 0 Å². The monoisotopic (exact) mass is 386 g/mol. The number of hydrogen-bond donors (Lipinski definition) is 1. The van der Waals surface area contributed by atoms with Crippen molar-refractivity contribution in [3.63, 3.8) is 0 Å². The summed E-state index contributed by atoms with van der Waals surface area (Å²) in [5, 5.41) is 2.70. The van der Waals surface area contributed by atoms with E-state index < -0.39 is 27.5 Å². The minimum absolute atomic E-state index is 0.00617. The lowest BCUT2D eigenvalue weighted by atomic mass is 10.00. The normalized spacial score (nSPS) is 19.2. The molecular weight excluding hydrogens is 359 g/mol. The average Bonchev–Trinajstić information content (AvgIpc) is 2.54. The number of rotatable bonds is 5. The van der Waals surface area contributed by atoms with Crippen LogP contribution in [0.4, 0.5) is 9.18 Å². The Morgan fingerprint density at radius 2 is 2.04 bits per heavy atom. The van der Waals surface area contributed by atoms with Crippen LogP contribution >= 0.6 is 0 Å². The Kier molecular flexibility index (Phi) is 6.63. The van der Waals surface area contributed by atoms with Crippen molar-refractivity contribution in [1.29, 1.82) is 0 Å². The minimum Gasteiger partial charge on any atom is -0.444 e. The van der Waals surface area contributed by atoms with Gasteiger partial charge in [-0.05, 0) is 45.6 Å². The topological polar surface area (TPSA) is 75.7 Å². The third kappa shape index (κ3) is 6.25. The summed E-state index contributed by atoms with van der Waals surface area (Å²) in [5.41, 5.74) is -0.410. The van der Waals surface area contributed by atoms with Crippen molar-refractivity contribution >= 4 is 16.1 Å². The van der Waals surface area contributed by atoms with Gasteiger partial charge in [-0.25, -0.2) is 21.9 Å². The quantitative estimate of drug-likeness (QED) is 0.844. The zero-order valence-electron chi connectivity index (χ0n) is 15.5. The Hall–Kier alpha value is -1.67. The van der Waals surface area contributed by atoms with E-state index in [1.165, 1.54) is 22.5 Å². The van der Waals surface area contributed by atoms with E-state index in [1.54, 1.807) is 26.8 Å². The summed E-state index contributed by atoms with van der Waals surface area (Å²) in [6.07, 6.45) is 1.02. The molecule has 6 nitrogen and oxygen atoms in total. The van der Waals surface area contributed by atoms with E-state index in [2.05, 4.69) is 5.32 Å². The zero-order valence-corrected chi connectivity index (χ0v) is 16.3. The summed E-state index contributed by atoms with van der Waals surface area (Å²) in [6.45, 7) is 6.42. The number of nitrogens with zero attached hydrogens (tertiary/aromatic N) is 1. The van der Waals surface area contributed by atoms with Gasteiger partial charge in [0.15, 0.2) is 0 Å². The number of piperidine rings is 1. The first-order chi connectivity index (χ1) is 12.1. The van der Waals surface area contributed by atoms with E-state index in [1.807, 2.05) is 0 Å². The molecule has 0 unspecified atom stereocenters. The maximum Gasteiger partial charge on any atom is 0.407 e. The second-order valence-corrected chi connectivity index (χ2v) is 9.57. The number of halogens is 1. The van der Waals surface area contributed by atoms with Crippen molar-refractivity contribution < 1.29 is 22.3 Å². The van der Waals surface area contributed by atoms with Gasteiger partial charge in [0.25, 0.3) is 0 Å². The lowest BCUT2D eigenvalue weighted by Crippen LogP contribution is -2.44. The van der Waals surface area contributed by atoms with Crippen molar-refractivity contribution in [3.8, 4) is 0 Å². The molecule has 0 saturated carbocycles. The van der Waals surface area contributed by atoms with Gasteiger partial charge in [0, 0.05) is 25.2 Å². The predicted octanol–water partition coefficient (Wildman–Crippen LogP) is 2.89. The van der Waals surface area contributed by atoms with Crippen molar-refractivity contribution in [2.24, 2.45) is 5.92 Å². The maximum atomic E-state index is 13.8. The Morgan fingerprint density at radius 3 is 2.69 bits per heavy atom. The molecule has 1 aliphatic heterocycles. The Balaban J connectivity index is 1.92. The fraction of sp³-hybridized carbons (Fsp3) is 0.611. The molecule has 1 saturated heterocycles. The van der Waals surface area contributed by atoms with E-state index in [0.29, 0.717) is 26.1 Å². The smallest absolute Gasteiger partial charge is 0.407 e. The number of carbonyl (C=O) groups excluding carboxylic acids is 1. The Labute approximate surface area is 154 Å². The number of ether oxygens (including phenoxy) is 1. The molecule has 0 aliphatic carbocycles. The number of sulfonamides is 1. The van der Waals surface area contributed by atoms with E-state index in [0.717, 1.165) is 6.42 Å². The summed E-state index contributed by atoms with van der Waals surface area (Å²) in [5.74, 6) is -0.866. The van der Waals surface area contributed by atoms with Gasteiger partial charge in [0.05, 0.1) is 5.75 Å². The van der Waals surface area contributed by atoms with Gasteiger partial charge in [-0.15, -0.1) is 0 Å². The van der Waals surface area contributed by atoms with E-state index in [-0.39, 0.29) is 17.2 Å². The molecule has 1 aromatic carbocycles. The molecular formula is C18H27FN2O4S. The van der Waals surface area contributed by atoms with Crippen molar-refractivity contribution in [2.45, 2.75) is 45.0 Å². The van der Waals surface area contributed by atoms with Crippen LogP contribution in [0, 0.1) is 11.7 Å². The number of nitrogens with one attached hydrogen (secondary N) is 1. The number of benzene rings is 1. The summed E-state index contributed by atoms with van der Waals surface area (Å²) in [4.78, 5) is 11.8. The summed E-state index contributed by atoms with van der Waals surface area (Å²) in [7, 11) is -3.61. The standard InChI is InChI=1S/C18H27FN2O4S/c1-18(2,3)25-17(22)20-11-14-7-6-10-21(12-14)26(23,24)13-15-8-4-5-9-16(15)19/h4-5,8-9,14H,6-7,10-13H2,1-3H3,(H,20,22)/t14-/m1/s1. The largest absolute Gasteiger partial charge is 0.444 e. The molecule has 0 radical (unpaired) electrons. The van der Waals surface area contributed by atoms with Crippen LogP contribution < -0.4 is 5.32 Å². The summed E-state index contributed by atoms with van der Waals surface area (Å²) in [6, 6.07) is 5.90. The molecule has 0 spiro atoms. The number of amides is 1. The lowest BCUT2D eigenvalue weighted by molar-refractivity contribution is 0.0513. The van der Waals surface area contributed by atoms with Gasteiger partial charge < -0.3 is 10.1 Å². The molecule has 146 valence electrons. The lowest BCUT2D eigenvalue weighted by Gasteiger charge is -2.32. The molecule has 1 amide bonds. The van der Waals surface area contributed by atoms with Crippen LogP contribution in [-0.4, -0.2) is 44.1 Å². The van der Waals surface area contributed by atoms with Gasteiger partial charge in [-0.3, -0.25) is 0 Å². The van der Waals surface area contributed by atoms with Crippen molar-refractivity contribution in [3.05, 3.63) is 35.6 Å². The summed E-state index contributed by atoms with van der Waals surface area (Å²) >= 11 is 0.